The van der Waals surface area contributed by atoms with Crippen LogP contribution in [0, 0.1) is 5.92 Å². The van der Waals surface area contributed by atoms with Crippen molar-refractivity contribution in [2.45, 2.75) is 12.8 Å². The number of nitrogens with zero attached hydrogens (tertiary/aromatic N) is 3. The number of aromatic nitrogens is 3. The smallest absolute Gasteiger partial charge is 0.0697 e. The lowest BCUT2D eigenvalue weighted by Gasteiger charge is -2.12. The van der Waals surface area contributed by atoms with E-state index in [2.05, 4.69) is 33.8 Å². The molecule has 2 heterocycles. The third kappa shape index (κ3) is 2.22. The van der Waals surface area contributed by atoms with Gasteiger partial charge in [-0.05, 0) is 43.5 Å². The lowest BCUT2D eigenvalue weighted by Crippen LogP contribution is -2.12. The summed E-state index contributed by atoms with van der Waals surface area (Å²) in [5.41, 5.74) is 2.50. The molecule has 0 bridgehead atoms. The van der Waals surface area contributed by atoms with Crippen LogP contribution in [0.2, 0.25) is 0 Å². The van der Waals surface area contributed by atoms with Gasteiger partial charge in [0, 0.05) is 0 Å². The van der Waals surface area contributed by atoms with E-state index in [9.17, 15) is 0 Å². The molecule has 1 atom stereocenters. The molecular formula is C13H16N4. The first-order chi connectivity index (χ1) is 8.43. The van der Waals surface area contributed by atoms with E-state index >= 15 is 0 Å². The van der Waals surface area contributed by atoms with E-state index in [0.29, 0.717) is 0 Å². The van der Waals surface area contributed by atoms with E-state index < -0.39 is 0 Å². The SMILES string of the molecule is c1ccc(-n2ccnn2)c(CC2CCNC2)c1. The molecule has 1 unspecified atom stereocenters. The molecule has 1 aliphatic heterocycles. The molecule has 1 fully saturated rings. The summed E-state index contributed by atoms with van der Waals surface area (Å²) in [6.45, 7) is 2.28. The minimum absolute atomic E-state index is 0.750. The van der Waals surface area contributed by atoms with Gasteiger partial charge < -0.3 is 5.32 Å². The van der Waals surface area contributed by atoms with E-state index in [1.54, 1.807) is 6.20 Å². The van der Waals surface area contributed by atoms with Crippen molar-refractivity contribution < 1.29 is 0 Å². The molecule has 2 aromatic rings. The summed E-state index contributed by atoms with van der Waals surface area (Å²) in [5.74, 6) is 0.750. The van der Waals surface area contributed by atoms with E-state index in [1.165, 1.54) is 12.0 Å². The molecular weight excluding hydrogens is 212 g/mol. The number of rotatable bonds is 3. The fourth-order valence-corrected chi connectivity index (χ4v) is 2.44. The van der Waals surface area contributed by atoms with Gasteiger partial charge in [0.2, 0.25) is 0 Å². The number of benzene rings is 1. The molecule has 0 saturated carbocycles. The van der Waals surface area contributed by atoms with Crippen LogP contribution in [0.4, 0.5) is 0 Å². The predicted octanol–water partition coefficient (Wildman–Crippen LogP) is 1.42. The topological polar surface area (TPSA) is 42.7 Å². The zero-order valence-corrected chi connectivity index (χ0v) is 9.71. The summed E-state index contributed by atoms with van der Waals surface area (Å²) in [4.78, 5) is 0. The molecule has 1 saturated heterocycles. The monoisotopic (exact) mass is 228 g/mol. The lowest BCUT2D eigenvalue weighted by atomic mass is 9.97. The van der Waals surface area contributed by atoms with E-state index in [0.717, 1.165) is 31.1 Å². The highest BCUT2D eigenvalue weighted by Gasteiger charge is 2.16. The molecule has 1 aliphatic rings. The highest BCUT2D eigenvalue weighted by Crippen LogP contribution is 2.20. The second kappa shape index (κ2) is 4.67. The third-order valence-corrected chi connectivity index (χ3v) is 3.33. The average Bonchev–Trinajstić information content (AvgIpc) is 3.01. The third-order valence-electron chi connectivity index (χ3n) is 3.33. The molecule has 3 rings (SSSR count). The maximum absolute atomic E-state index is 4.07. The van der Waals surface area contributed by atoms with Crippen LogP contribution in [0.25, 0.3) is 5.69 Å². The van der Waals surface area contributed by atoms with Gasteiger partial charge in [-0.15, -0.1) is 5.10 Å². The van der Waals surface area contributed by atoms with Crippen molar-refractivity contribution >= 4 is 0 Å². The number of hydrogen-bond acceptors (Lipinski definition) is 3. The Hall–Kier alpha value is -1.68. The first-order valence-corrected chi connectivity index (χ1v) is 6.09. The Bertz CT molecular complexity index is 472. The molecule has 1 aromatic heterocycles. The van der Waals surface area contributed by atoms with Gasteiger partial charge in [-0.1, -0.05) is 23.4 Å². The van der Waals surface area contributed by atoms with Crippen molar-refractivity contribution in [3.8, 4) is 5.69 Å². The zero-order chi connectivity index (χ0) is 11.5. The van der Waals surface area contributed by atoms with Gasteiger partial charge in [0.25, 0.3) is 0 Å². The largest absolute Gasteiger partial charge is 0.316 e. The number of hydrogen-bond donors (Lipinski definition) is 1. The Morgan fingerprint density at radius 2 is 2.29 bits per heavy atom. The number of nitrogens with one attached hydrogen (secondary N) is 1. The summed E-state index contributed by atoms with van der Waals surface area (Å²) in [5, 5.41) is 11.4. The molecule has 1 aromatic carbocycles. The van der Waals surface area contributed by atoms with Gasteiger partial charge in [-0.25, -0.2) is 4.68 Å². The van der Waals surface area contributed by atoms with Gasteiger partial charge >= 0.3 is 0 Å². The van der Waals surface area contributed by atoms with Crippen LogP contribution < -0.4 is 5.32 Å². The van der Waals surface area contributed by atoms with Gasteiger partial charge in [-0.2, -0.15) is 0 Å². The molecule has 4 heteroatoms. The van der Waals surface area contributed by atoms with Crippen LogP contribution in [0.15, 0.2) is 36.7 Å². The van der Waals surface area contributed by atoms with Gasteiger partial charge in [0.15, 0.2) is 0 Å². The maximum atomic E-state index is 4.07. The van der Waals surface area contributed by atoms with Gasteiger partial charge in [0.1, 0.15) is 0 Å². The van der Waals surface area contributed by atoms with Crippen LogP contribution >= 0.6 is 0 Å². The molecule has 0 amide bonds. The summed E-state index contributed by atoms with van der Waals surface area (Å²) in [7, 11) is 0. The lowest BCUT2D eigenvalue weighted by molar-refractivity contribution is 0.577. The molecule has 88 valence electrons. The highest BCUT2D eigenvalue weighted by molar-refractivity contribution is 5.40. The number of para-hydroxylation sites is 1. The fourth-order valence-electron chi connectivity index (χ4n) is 2.44. The molecule has 0 aliphatic carbocycles. The van der Waals surface area contributed by atoms with Crippen molar-refractivity contribution in [1.82, 2.24) is 20.3 Å². The van der Waals surface area contributed by atoms with Crippen LogP contribution in [-0.2, 0) is 6.42 Å². The summed E-state index contributed by atoms with van der Waals surface area (Å²) < 4.78 is 1.84. The van der Waals surface area contributed by atoms with E-state index in [4.69, 9.17) is 0 Å². The van der Waals surface area contributed by atoms with Gasteiger partial charge in [0.05, 0.1) is 18.1 Å². The van der Waals surface area contributed by atoms with Crippen LogP contribution in [-0.4, -0.2) is 28.1 Å². The van der Waals surface area contributed by atoms with E-state index in [-0.39, 0.29) is 0 Å². The Morgan fingerprint density at radius 1 is 1.35 bits per heavy atom. The minimum Gasteiger partial charge on any atom is -0.316 e. The first kappa shape index (κ1) is 10.5. The molecule has 4 nitrogen and oxygen atoms in total. The minimum atomic E-state index is 0.750. The second-order valence-corrected chi connectivity index (χ2v) is 4.54. The quantitative estimate of drug-likeness (QED) is 0.864. The summed E-state index contributed by atoms with van der Waals surface area (Å²) in [6, 6.07) is 8.44. The standard InChI is InChI=1S/C13H16N4/c1-2-4-13(17-8-7-15-16-17)12(3-1)9-11-5-6-14-10-11/h1-4,7-8,11,14H,5-6,9-10H2. The molecule has 17 heavy (non-hydrogen) atoms. The zero-order valence-electron chi connectivity index (χ0n) is 9.71. The van der Waals surface area contributed by atoms with Crippen molar-refractivity contribution in [3.63, 3.8) is 0 Å². The maximum Gasteiger partial charge on any atom is 0.0697 e. The van der Waals surface area contributed by atoms with Crippen LogP contribution in [0.1, 0.15) is 12.0 Å². The van der Waals surface area contributed by atoms with Crippen molar-refractivity contribution in [2.75, 3.05) is 13.1 Å². The van der Waals surface area contributed by atoms with Crippen molar-refractivity contribution in [2.24, 2.45) is 5.92 Å². The molecule has 0 spiro atoms. The highest BCUT2D eigenvalue weighted by atomic mass is 15.4. The average molecular weight is 228 g/mol. The Morgan fingerprint density at radius 3 is 3.06 bits per heavy atom. The van der Waals surface area contributed by atoms with Gasteiger partial charge in [-0.3, -0.25) is 0 Å². The molecule has 0 radical (unpaired) electrons. The van der Waals surface area contributed by atoms with Crippen LogP contribution in [0.5, 0.6) is 0 Å². The fraction of sp³-hybridized carbons (Fsp3) is 0.385. The Kier molecular flexibility index (Phi) is 2.88. The Labute approximate surface area is 101 Å². The first-order valence-electron chi connectivity index (χ1n) is 6.09. The van der Waals surface area contributed by atoms with E-state index in [1.807, 2.05) is 16.9 Å². The van der Waals surface area contributed by atoms with Crippen molar-refractivity contribution in [1.29, 1.82) is 0 Å². The predicted molar refractivity (Wildman–Crippen MR) is 66.0 cm³/mol. The normalized spacial score (nSPS) is 19.6. The Balaban J connectivity index is 1.88. The second-order valence-electron chi connectivity index (χ2n) is 4.54. The summed E-state index contributed by atoms with van der Waals surface area (Å²) in [6.07, 6.45) is 5.99. The van der Waals surface area contributed by atoms with Crippen LogP contribution in [0.3, 0.4) is 0 Å². The van der Waals surface area contributed by atoms with Crippen molar-refractivity contribution in [3.05, 3.63) is 42.2 Å². The molecule has 1 N–H and O–H groups in total. The summed E-state index contributed by atoms with van der Waals surface area (Å²) >= 11 is 0.